The van der Waals surface area contributed by atoms with Gasteiger partial charge in [-0.05, 0) is 81.1 Å². The maximum absolute atomic E-state index is 14.0. The Balaban J connectivity index is 2.10. The summed E-state index contributed by atoms with van der Waals surface area (Å²) >= 11 is 0. The number of nitrogens with zero attached hydrogens (tertiary/aromatic N) is 2. The third-order valence-corrected chi connectivity index (χ3v) is 8.30. The Morgan fingerprint density at radius 1 is 0.897 bits per heavy atom. The molecular weight excluding hydrogens is 517 g/mol. The van der Waals surface area contributed by atoms with Gasteiger partial charge < -0.3 is 10.2 Å². The fraction of sp³-hybridized carbons (Fsp3) is 0.333. The van der Waals surface area contributed by atoms with E-state index in [-0.39, 0.29) is 17.3 Å². The highest BCUT2D eigenvalue weighted by Crippen LogP contribution is 2.29. The van der Waals surface area contributed by atoms with Crippen molar-refractivity contribution in [2.75, 3.05) is 17.4 Å². The largest absolute Gasteiger partial charge is 0.355 e. The van der Waals surface area contributed by atoms with E-state index in [4.69, 9.17) is 0 Å². The summed E-state index contributed by atoms with van der Waals surface area (Å²) in [6, 6.07) is 16.7. The van der Waals surface area contributed by atoms with E-state index in [9.17, 15) is 22.4 Å². The Morgan fingerprint density at radius 3 is 2.10 bits per heavy atom. The molecule has 0 bridgehead atoms. The topological polar surface area (TPSA) is 86.8 Å². The molecular formula is C30H36FN3O4S. The van der Waals surface area contributed by atoms with E-state index in [1.807, 2.05) is 26.0 Å². The van der Waals surface area contributed by atoms with E-state index in [0.717, 1.165) is 15.4 Å². The SMILES string of the molecule is CCNC(=O)[C@H](CC)N(Cc1ccc(F)cc1)C(=O)CN(c1cc(C)ccc1C)S(=O)(=O)c1ccc(C)cc1. The number of nitrogens with one attached hydrogen (secondary N) is 1. The monoisotopic (exact) mass is 553 g/mol. The minimum Gasteiger partial charge on any atom is -0.355 e. The number of carbonyl (C=O) groups is 2. The van der Waals surface area contributed by atoms with E-state index in [1.54, 1.807) is 51.1 Å². The first-order valence-corrected chi connectivity index (χ1v) is 14.4. The molecule has 0 spiro atoms. The van der Waals surface area contributed by atoms with Gasteiger partial charge in [0.2, 0.25) is 11.8 Å². The van der Waals surface area contributed by atoms with Crippen molar-refractivity contribution in [2.45, 2.75) is 58.5 Å². The number of sulfonamides is 1. The summed E-state index contributed by atoms with van der Waals surface area (Å²) in [5.74, 6) is -1.30. The second-order valence-corrected chi connectivity index (χ2v) is 11.4. The Kier molecular flexibility index (Phi) is 9.86. The Hall–Kier alpha value is -3.72. The second-order valence-electron chi connectivity index (χ2n) is 9.58. The van der Waals surface area contributed by atoms with Crippen molar-refractivity contribution in [3.8, 4) is 0 Å². The summed E-state index contributed by atoms with van der Waals surface area (Å²) in [5.41, 5.74) is 3.43. The molecule has 208 valence electrons. The lowest BCUT2D eigenvalue weighted by Gasteiger charge is -2.33. The maximum Gasteiger partial charge on any atom is 0.264 e. The number of likely N-dealkylation sites (N-methyl/N-ethyl adjacent to an activating group) is 1. The minimum absolute atomic E-state index is 0.0139. The first kappa shape index (κ1) is 29.8. The standard InChI is InChI=1S/C30H36FN3O4S/c1-6-27(30(36)32-7-2)33(19-24-12-14-25(31)15-13-24)29(35)20-34(28-18-22(4)8-11-23(28)5)39(37,38)26-16-9-21(3)10-17-26/h8-18,27H,6-7,19-20H2,1-5H3,(H,32,36)/t27-/m0/s1. The molecule has 3 aromatic rings. The van der Waals surface area contributed by atoms with E-state index in [0.29, 0.717) is 29.8 Å². The van der Waals surface area contributed by atoms with Crippen molar-refractivity contribution in [3.63, 3.8) is 0 Å². The lowest BCUT2D eigenvalue weighted by atomic mass is 10.1. The predicted molar refractivity (Wildman–Crippen MR) is 151 cm³/mol. The number of hydrogen-bond donors (Lipinski definition) is 1. The molecule has 1 atom stereocenters. The summed E-state index contributed by atoms with van der Waals surface area (Å²) in [7, 11) is -4.14. The van der Waals surface area contributed by atoms with Crippen LogP contribution in [0.4, 0.5) is 10.1 Å². The third kappa shape index (κ3) is 7.23. The van der Waals surface area contributed by atoms with Crippen LogP contribution in [-0.2, 0) is 26.2 Å². The van der Waals surface area contributed by atoms with Crippen molar-refractivity contribution in [3.05, 3.63) is 94.8 Å². The molecule has 0 saturated carbocycles. The summed E-state index contributed by atoms with van der Waals surface area (Å²) in [5, 5.41) is 2.77. The van der Waals surface area contributed by atoms with Crippen molar-refractivity contribution in [1.29, 1.82) is 0 Å². The van der Waals surface area contributed by atoms with Crippen molar-refractivity contribution >= 4 is 27.5 Å². The third-order valence-electron chi connectivity index (χ3n) is 6.52. The highest BCUT2D eigenvalue weighted by atomic mass is 32.2. The molecule has 1 N–H and O–H groups in total. The molecule has 0 radical (unpaired) electrons. The van der Waals surface area contributed by atoms with Crippen LogP contribution in [0.5, 0.6) is 0 Å². The van der Waals surface area contributed by atoms with Gasteiger partial charge in [0.15, 0.2) is 0 Å². The van der Waals surface area contributed by atoms with Crippen LogP contribution < -0.4 is 9.62 Å². The number of benzene rings is 3. The van der Waals surface area contributed by atoms with Crippen LogP contribution in [0.25, 0.3) is 0 Å². The van der Waals surface area contributed by atoms with Gasteiger partial charge in [-0.15, -0.1) is 0 Å². The lowest BCUT2D eigenvalue weighted by Crippen LogP contribution is -2.52. The molecule has 0 aromatic heterocycles. The number of hydrogen-bond acceptors (Lipinski definition) is 4. The van der Waals surface area contributed by atoms with Crippen molar-refractivity contribution < 1.29 is 22.4 Å². The zero-order chi connectivity index (χ0) is 28.7. The molecule has 0 fully saturated rings. The summed E-state index contributed by atoms with van der Waals surface area (Å²) in [6.07, 6.45) is 0.312. The number of carbonyl (C=O) groups excluding carboxylic acids is 2. The van der Waals surface area contributed by atoms with Crippen LogP contribution in [0.1, 0.15) is 42.5 Å². The van der Waals surface area contributed by atoms with Gasteiger partial charge in [-0.2, -0.15) is 0 Å². The summed E-state index contributed by atoms with van der Waals surface area (Å²) in [6.45, 7) is 8.95. The first-order valence-electron chi connectivity index (χ1n) is 13.0. The smallest absolute Gasteiger partial charge is 0.264 e. The predicted octanol–water partition coefficient (Wildman–Crippen LogP) is 4.89. The second kappa shape index (κ2) is 12.9. The molecule has 0 aliphatic carbocycles. The van der Waals surface area contributed by atoms with Crippen LogP contribution in [0, 0.1) is 26.6 Å². The molecule has 0 aliphatic rings. The normalized spacial score (nSPS) is 12.1. The Bertz CT molecular complexity index is 1410. The number of aryl methyl sites for hydroxylation is 3. The minimum atomic E-state index is -4.14. The van der Waals surface area contributed by atoms with Crippen LogP contribution in [0.15, 0.2) is 71.6 Å². The quantitative estimate of drug-likeness (QED) is 0.366. The van der Waals surface area contributed by atoms with Crippen molar-refractivity contribution in [1.82, 2.24) is 10.2 Å². The highest BCUT2D eigenvalue weighted by Gasteiger charge is 2.34. The molecule has 9 heteroatoms. The van der Waals surface area contributed by atoms with Crippen LogP contribution in [0.2, 0.25) is 0 Å². The zero-order valence-corrected chi connectivity index (χ0v) is 23.9. The first-order chi connectivity index (χ1) is 18.5. The molecule has 3 aromatic carbocycles. The molecule has 39 heavy (non-hydrogen) atoms. The number of rotatable bonds is 11. The molecule has 7 nitrogen and oxygen atoms in total. The van der Waals surface area contributed by atoms with Gasteiger partial charge in [0.05, 0.1) is 10.6 Å². The maximum atomic E-state index is 14.0. The van der Waals surface area contributed by atoms with Gasteiger partial charge in [0.1, 0.15) is 18.4 Å². The Labute approximate surface area is 230 Å². The summed E-state index contributed by atoms with van der Waals surface area (Å²) < 4.78 is 42.6. The van der Waals surface area contributed by atoms with Gasteiger partial charge in [0, 0.05) is 13.1 Å². The molecule has 0 heterocycles. The van der Waals surface area contributed by atoms with Gasteiger partial charge in [-0.1, -0.05) is 48.9 Å². The summed E-state index contributed by atoms with van der Waals surface area (Å²) in [4.78, 5) is 28.4. The van der Waals surface area contributed by atoms with Gasteiger partial charge in [0.25, 0.3) is 10.0 Å². The van der Waals surface area contributed by atoms with Gasteiger partial charge >= 0.3 is 0 Å². The Morgan fingerprint density at radius 2 is 1.51 bits per heavy atom. The van der Waals surface area contributed by atoms with Gasteiger partial charge in [-0.3, -0.25) is 13.9 Å². The van der Waals surface area contributed by atoms with Crippen LogP contribution in [0.3, 0.4) is 0 Å². The number of anilines is 1. The fourth-order valence-electron chi connectivity index (χ4n) is 4.34. The average molecular weight is 554 g/mol. The van der Waals surface area contributed by atoms with Crippen LogP contribution >= 0.6 is 0 Å². The molecule has 0 saturated heterocycles. The number of amides is 2. The van der Waals surface area contributed by atoms with E-state index in [2.05, 4.69) is 5.32 Å². The van der Waals surface area contributed by atoms with Crippen LogP contribution in [-0.4, -0.2) is 44.3 Å². The van der Waals surface area contributed by atoms with Crippen molar-refractivity contribution in [2.24, 2.45) is 0 Å². The van der Waals surface area contributed by atoms with Gasteiger partial charge in [-0.25, -0.2) is 12.8 Å². The lowest BCUT2D eigenvalue weighted by molar-refractivity contribution is -0.140. The molecule has 2 amide bonds. The average Bonchev–Trinajstić information content (AvgIpc) is 2.90. The van der Waals surface area contributed by atoms with E-state index in [1.165, 1.54) is 29.2 Å². The molecule has 0 unspecified atom stereocenters. The van der Waals surface area contributed by atoms with E-state index < -0.39 is 34.3 Å². The number of halogens is 1. The zero-order valence-electron chi connectivity index (χ0n) is 23.1. The van der Waals surface area contributed by atoms with E-state index >= 15 is 0 Å². The highest BCUT2D eigenvalue weighted by molar-refractivity contribution is 7.92. The molecule has 0 aliphatic heterocycles. The molecule has 3 rings (SSSR count). The fourth-order valence-corrected chi connectivity index (χ4v) is 5.81.